The van der Waals surface area contributed by atoms with Crippen molar-refractivity contribution < 1.29 is 0 Å². The second-order valence-corrected chi connectivity index (χ2v) is 29.1. The van der Waals surface area contributed by atoms with Gasteiger partial charge < -0.3 is 0 Å². The molecule has 0 aliphatic heterocycles. The maximum Gasteiger partial charge on any atom is 0.0774 e. The molecule has 0 amide bonds. The van der Waals surface area contributed by atoms with E-state index in [0.29, 0.717) is 0 Å². The summed E-state index contributed by atoms with van der Waals surface area (Å²) in [5, 5.41) is 6.32. The fraction of sp³-hybridized carbons (Fsp3) is 0.500. The van der Waals surface area contributed by atoms with E-state index in [1.54, 1.807) is 21.5 Å². The molecule has 0 N–H and O–H groups in total. The van der Waals surface area contributed by atoms with Gasteiger partial charge in [0, 0.05) is 11.3 Å². The van der Waals surface area contributed by atoms with Crippen LogP contribution < -0.4 is 21.0 Å². The van der Waals surface area contributed by atoms with E-state index in [0.717, 1.165) is 6.16 Å². The zero-order valence-electron chi connectivity index (χ0n) is 28.0. The van der Waals surface area contributed by atoms with Crippen molar-refractivity contribution in [3.8, 4) is 0 Å². The minimum atomic E-state index is -1.59. The third kappa shape index (κ3) is 6.62. The van der Waals surface area contributed by atoms with E-state index in [9.17, 15) is 0 Å². The van der Waals surface area contributed by atoms with Crippen LogP contribution in [0.1, 0.15) is 63.8 Å². The topological polar surface area (TPSA) is 0 Å². The van der Waals surface area contributed by atoms with Crippen molar-refractivity contribution in [2.24, 2.45) is 10.8 Å². The molecule has 0 fully saturated rings. The molecule has 1 atom stereocenters. The third-order valence-corrected chi connectivity index (χ3v) is 18.0. The molecule has 0 aromatic heterocycles. The molecule has 0 saturated heterocycles. The van der Waals surface area contributed by atoms with Gasteiger partial charge in [0.2, 0.25) is 0 Å². The van der Waals surface area contributed by atoms with Crippen LogP contribution in [0.2, 0.25) is 39.3 Å². The molecule has 0 nitrogen and oxygen atoms in total. The monoisotopic (exact) mass is 606 g/mol. The Morgan fingerprint density at radius 3 is 1.35 bits per heavy atom. The van der Waals surface area contributed by atoms with Crippen LogP contribution in [-0.2, 0) is 11.3 Å². The fourth-order valence-electron chi connectivity index (χ4n) is 6.52. The van der Waals surface area contributed by atoms with Crippen molar-refractivity contribution in [3.05, 3.63) is 82.9 Å². The Bertz CT molecular complexity index is 1290. The van der Waals surface area contributed by atoms with Gasteiger partial charge in [0.1, 0.15) is 0 Å². The molecule has 0 saturated carbocycles. The SMILES string of the molecule is Cc1ccccc1P(Cc1cc([Si](C)(C)C)c([Si](C)(C)C)cc1C(P)(C(C)(C)C)C(C)(C)C)c1ccccc1C. The molecule has 0 aliphatic rings. The highest BCUT2D eigenvalue weighted by atomic mass is 31.1. The lowest BCUT2D eigenvalue weighted by Gasteiger charge is -2.53. The smallest absolute Gasteiger partial charge is 0.0774 e. The Kier molecular flexibility index (Phi) is 9.67. The Balaban J connectivity index is 2.50. The first kappa shape index (κ1) is 33.5. The van der Waals surface area contributed by atoms with Gasteiger partial charge >= 0.3 is 0 Å². The fourth-order valence-corrected chi connectivity index (χ4v) is 14.7. The highest BCUT2D eigenvalue weighted by Crippen LogP contribution is 2.59. The van der Waals surface area contributed by atoms with Crippen molar-refractivity contribution >= 4 is 54.3 Å². The van der Waals surface area contributed by atoms with Crippen LogP contribution in [-0.4, -0.2) is 16.1 Å². The lowest BCUT2D eigenvalue weighted by molar-refractivity contribution is 0.139. The van der Waals surface area contributed by atoms with Gasteiger partial charge in [0.25, 0.3) is 0 Å². The van der Waals surface area contributed by atoms with Gasteiger partial charge in [0.15, 0.2) is 0 Å². The summed E-state index contributed by atoms with van der Waals surface area (Å²) >= 11 is 0. The maximum atomic E-state index is 3.44. The van der Waals surface area contributed by atoms with Gasteiger partial charge in [0.05, 0.1) is 16.1 Å². The van der Waals surface area contributed by atoms with Gasteiger partial charge in [-0.05, 0) is 65.5 Å². The lowest BCUT2D eigenvalue weighted by atomic mass is 9.62. The second-order valence-electron chi connectivity index (χ2n) is 16.0. The molecule has 0 spiro atoms. The summed E-state index contributed by atoms with van der Waals surface area (Å²) in [5.74, 6) is 0. The van der Waals surface area contributed by atoms with Crippen LogP contribution in [0.25, 0.3) is 0 Å². The Hall–Kier alpha value is -1.05. The molecule has 4 heteroatoms. The average Bonchev–Trinajstić information content (AvgIpc) is 2.80. The van der Waals surface area contributed by atoms with Crippen LogP contribution in [0.3, 0.4) is 0 Å². The molecule has 3 rings (SSSR count). The first-order chi connectivity index (χ1) is 18.1. The van der Waals surface area contributed by atoms with Gasteiger partial charge in [-0.25, -0.2) is 0 Å². The summed E-state index contributed by atoms with van der Waals surface area (Å²) in [7, 11) is -0.317. The summed E-state index contributed by atoms with van der Waals surface area (Å²) in [5.41, 5.74) is 6.08. The van der Waals surface area contributed by atoms with E-state index in [2.05, 4.69) is 165 Å². The summed E-state index contributed by atoms with van der Waals surface area (Å²) in [6.45, 7) is 34.5. The van der Waals surface area contributed by atoms with Gasteiger partial charge in [-0.3, -0.25) is 0 Å². The Morgan fingerprint density at radius 2 is 1.00 bits per heavy atom. The summed E-state index contributed by atoms with van der Waals surface area (Å²) in [6.07, 6.45) is 1.08. The van der Waals surface area contributed by atoms with Crippen LogP contribution in [0, 0.1) is 24.7 Å². The van der Waals surface area contributed by atoms with Crippen LogP contribution in [0.4, 0.5) is 0 Å². The van der Waals surface area contributed by atoms with Crippen LogP contribution in [0.15, 0.2) is 60.7 Å². The molecule has 0 heterocycles. The van der Waals surface area contributed by atoms with Gasteiger partial charge in [-0.15, -0.1) is 9.24 Å². The zero-order chi connectivity index (χ0) is 30.5. The maximum absolute atomic E-state index is 3.44. The van der Waals surface area contributed by atoms with E-state index >= 15 is 0 Å². The molecule has 1 unspecified atom stereocenters. The normalized spacial score (nSPS) is 13.7. The largest absolute Gasteiger partial charge is 0.125 e. The van der Waals surface area contributed by atoms with Gasteiger partial charge in [-0.2, -0.15) is 0 Å². The second kappa shape index (κ2) is 11.6. The average molecular weight is 607 g/mol. The Morgan fingerprint density at radius 1 is 0.625 bits per heavy atom. The molecule has 0 bridgehead atoms. The standard InChI is InChI=1S/C36H56P2Si2/c1-26-19-15-17-21-30(26)38(31-22-18-16-20-27(31)2)25-28-23-32(39(9,10)11)33(40(12,13)14)24-29(28)36(37,34(3,4)5)35(6,7)8/h15-24H,25,37H2,1-14H3. The van der Waals surface area contributed by atoms with E-state index in [1.807, 2.05) is 0 Å². The lowest BCUT2D eigenvalue weighted by Crippen LogP contribution is -2.57. The minimum Gasteiger partial charge on any atom is -0.125 e. The van der Waals surface area contributed by atoms with Crippen molar-refractivity contribution in [2.75, 3.05) is 0 Å². The molecule has 40 heavy (non-hydrogen) atoms. The molecule has 218 valence electrons. The van der Waals surface area contributed by atoms with E-state index in [1.165, 1.54) is 21.7 Å². The van der Waals surface area contributed by atoms with E-state index in [4.69, 9.17) is 0 Å². The zero-order valence-corrected chi connectivity index (χ0v) is 32.1. The van der Waals surface area contributed by atoms with E-state index < -0.39 is 24.1 Å². The first-order valence-electron chi connectivity index (χ1n) is 15.0. The quantitative estimate of drug-likeness (QED) is 0.186. The predicted molar refractivity (Wildman–Crippen MR) is 195 cm³/mol. The number of hydrogen-bond acceptors (Lipinski definition) is 0. The summed E-state index contributed by atoms with van der Waals surface area (Å²) < 4.78 is 0. The molecular weight excluding hydrogens is 551 g/mol. The number of rotatable bonds is 7. The van der Waals surface area contributed by atoms with Crippen molar-refractivity contribution in [1.29, 1.82) is 0 Å². The van der Waals surface area contributed by atoms with Crippen LogP contribution >= 0.6 is 17.2 Å². The summed E-state index contributed by atoms with van der Waals surface area (Å²) in [6, 6.07) is 23.7. The molecule has 3 aromatic rings. The molecule has 0 radical (unpaired) electrons. The van der Waals surface area contributed by atoms with Crippen molar-refractivity contribution in [1.82, 2.24) is 0 Å². The van der Waals surface area contributed by atoms with Gasteiger partial charge in [-0.1, -0.05) is 152 Å². The number of aryl methyl sites for hydroxylation is 2. The number of hydrogen-bond donors (Lipinski definition) is 0. The molecular formula is C36H56P2Si2. The number of benzene rings is 3. The highest BCUT2D eigenvalue weighted by Gasteiger charge is 2.50. The Labute approximate surface area is 253 Å². The molecule has 0 aliphatic carbocycles. The van der Waals surface area contributed by atoms with E-state index in [-0.39, 0.29) is 16.0 Å². The van der Waals surface area contributed by atoms with Crippen LogP contribution in [0.5, 0.6) is 0 Å². The van der Waals surface area contributed by atoms with Crippen molar-refractivity contribution in [3.63, 3.8) is 0 Å². The first-order valence-corrected chi connectivity index (χ1v) is 24.1. The minimum absolute atomic E-state index is 0.0656. The third-order valence-electron chi connectivity index (χ3n) is 8.79. The molecule has 3 aromatic carbocycles. The van der Waals surface area contributed by atoms with Crippen molar-refractivity contribution in [2.45, 2.75) is 106 Å². The summed E-state index contributed by atoms with van der Waals surface area (Å²) in [4.78, 5) is 0. The predicted octanol–water partition coefficient (Wildman–Crippen LogP) is 9.19. The highest BCUT2D eigenvalue weighted by molar-refractivity contribution is 7.72.